The Labute approximate surface area is 328 Å². The van der Waals surface area contributed by atoms with E-state index in [-0.39, 0.29) is 43.3 Å². The summed E-state index contributed by atoms with van der Waals surface area (Å²) in [5, 5.41) is 9.50. The van der Waals surface area contributed by atoms with Gasteiger partial charge in [-0.25, -0.2) is 17.9 Å². The summed E-state index contributed by atoms with van der Waals surface area (Å²) in [5.41, 5.74) is -4.90. The van der Waals surface area contributed by atoms with E-state index in [9.17, 15) is 45.6 Å². The van der Waals surface area contributed by atoms with Crippen LogP contribution in [0, 0.1) is 17.8 Å². The molecule has 2 aliphatic heterocycles. The summed E-state index contributed by atoms with van der Waals surface area (Å²) in [6.07, 6.45) is -1.53. The maximum atomic E-state index is 14.7. The Kier molecular flexibility index (Phi) is 11.5. The number of nitrogens with zero attached hydrogens (tertiary/aromatic N) is 3. The summed E-state index contributed by atoms with van der Waals surface area (Å²) >= 11 is 0. The molecule has 2 aromatic rings. The van der Waals surface area contributed by atoms with Crippen molar-refractivity contribution in [2.24, 2.45) is 17.8 Å². The van der Waals surface area contributed by atoms with E-state index in [0.717, 1.165) is 4.90 Å². The third kappa shape index (κ3) is 8.77. The van der Waals surface area contributed by atoms with Crippen LogP contribution in [0.4, 0.5) is 18.0 Å². The second-order valence-corrected chi connectivity index (χ2v) is 18.2. The van der Waals surface area contributed by atoms with Crippen molar-refractivity contribution in [3.8, 4) is 5.88 Å². The number of aromatic nitrogens is 2. The van der Waals surface area contributed by atoms with Gasteiger partial charge in [0.05, 0.1) is 22.6 Å². The Morgan fingerprint density at radius 3 is 2.39 bits per heavy atom. The molecule has 7 atom stereocenters. The van der Waals surface area contributed by atoms with Crippen molar-refractivity contribution < 1.29 is 50.2 Å². The SMILES string of the molecule is CCn1nc(O[C@@H]2C[C@H]3C(=O)N[C@]4(C(=O)NS(=O)(=O)C5CC5)C[C@H]4/C=C\CC[C@@H](C)C[C@@H](C)[C@H](NC(=O)OC(C)(C)C(F)(F)F)C(=O)N3C2)c2ccccc2c1=O. The van der Waals surface area contributed by atoms with Crippen molar-refractivity contribution in [1.82, 2.24) is 30.0 Å². The smallest absolute Gasteiger partial charge is 0.427 e. The molecule has 0 radical (unpaired) electrons. The van der Waals surface area contributed by atoms with Gasteiger partial charge in [-0.3, -0.25) is 23.9 Å². The van der Waals surface area contributed by atoms with Crippen LogP contribution in [0.25, 0.3) is 10.8 Å². The number of halogens is 3. The fourth-order valence-electron chi connectivity index (χ4n) is 7.61. The summed E-state index contributed by atoms with van der Waals surface area (Å²) in [4.78, 5) is 70.2. The number of benzene rings is 1. The minimum atomic E-state index is -4.92. The topological polar surface area (TPSA) is 195 Å². The van der Waals surface area contributed by atoms with Crippen molar-refractivity contribution in [3.63, 3.8) is 0 Å². The highest BCUT2D eigenvalue weighted by molar-refractivity contribution is 7.91. The summed E-state index contributed by atoms with van der Waals surface area (Å²) in [6, 6.07) is 3.80. The van der Waals surface area contributed by atoms with Crippen LogP contribution in [-0.4, -0.2) is 94.2 Å². The zero-order valence-electron chi connectivity index (χ0n) is 32.4. The average Bonchev–Trinajstić information content (AvgIpc) is 4.06. The van der Waals surface area contributed by atoms with Crippen LogP contribution in [0.3, 0.4) is 0 Å². The molecule has 15 nitrogen and oxygen atoms in total. The van der Waals surface area contributed by atoms with Crippen LogP contribution in [0.1, 0.15) is 79.6 Å². The van der Waals surface area contributed by atoms with Gasteiger partial charge in [-0.1, -0.05) is 38.1 Å². The predicted octanol–water partition coefficient (Wildman–Crippen LogP) is 3.70. The predicted molar refractivity (Wildman–Crippen MR) is 200 cm³/mol. The maximum absolute atomic E-state index is 14.7. The van der Waals surface area contributed by atoms with Gasteiger partial charge in [0.1, 0.15) is 23.7 Å². The van der Waals surface area contributed by atoms with Crippen LogP contribution in [-0.2, 0) is 35.7 Å². The van der Waals surface area contributed by atoms with E-state index in [0.29, 0.717) is 56.7 Å². The highest BCUT2D eigenvalue weighted by Crippen LogP contribution is 2.46. The lowest BCUT2D eigenvalue weighted by molar-refractivity contribution is -0.244. The Morgan fingerprint density at radius 2 is 1.74 bits per heavy atom. The summed E-state index contributed by atoms with van der Waals surface area (Å²) in [7, 11) is -3.99. The Bertz CT molecular complexity index is 2120. The molecule has 0 bridgehead atoms. The van der Waals surface area contributed by atoms with E-state index in [1.54, 1.807) is 44.2 Å². The summed E-state index contributed by atoms with van der Waals surface area (Å²) in [6.45, 7) is 6.62. The first-order valence-electron chi connectivity index (χ1n) is 19.3. The lowest BCUT2D eigenvalue weighted by Gasteiger charge is -2.34. The van der Waals surface area contributed by atoms with E-state index >= 15 is 0 Å². The number of alkyl halides is 3. The number of sulfonamides is 1. The third-order valence-corrected chi connectivity index (χ3v) is 13.2. The zero-order chi connectivity index (χ0) is 41.7. The van der Waals surface area contributed by atoms with E-state index in [1.807, 2.05) is 13.0 Å². The second-order valence-electron chi connectivity index (χ2n) is 16.2. The molecule has 1 aromatic carbocycles. The van der Waals surface area contributed by atoms with Crippen LogP contribution >= 0.6 is 0 Å². The molecular weight excluding hydrogens is 774 g/mol. The van der Waals surface area contributed by atoms with Crippen LogP contribution in [0.2, 0.25) is 0 Å². The van der Waals surface area contributed by atoms with Gasteiger partial charge in [-0.2, -0.15) is 13.2 Å². The molecule has 2 aliphatic carbocycles. The summed E-state index contributed by atoms with van der Waals surface area (Å²) < 4.78 is 81.4. The van der Waals surface area contributed by atoms with Gasteiger partial charge in [-0.05, 0) is 83.3 Å². The number of rotatable bonds is 8. The lowest BCUT2D eigenvalue weighted by atomic mass is 9.88. The molecule has 6 rings (SSSR count). The van der Waals surface area contributed by atoms with Gasteiger partial charge in [0, 0.05) is 18.9 Å². The number of allylic oxidation sites excluding steroid dienone is 1. The van der Waals surface area contributed by atoms with Crippen LogP contribution in [0.15, 0.2) is 41.2 Å². The fraction of sp³-hybridized carbons (Fsp3) is 0.632. The molecule has 1 aromatic heterocycles. The Balaban J connectivity index is 1.37. The van der Waals surface area contributed by atoms with Crippen molar-refractivity contribution in [2.45, 2.75) is 127 Å². The number of carbonyl (C=O) groups is 4. The zero-order valence-corrected chi connectivity index (χ0v) is 33.2. The van der Waals surface area contributed by atoms with Gasteiger partial charge >= 0.3 is 12.3 Å². The highest BCUT2D eigenvalue weighted by Gasteiger charge is 2.62. The summed E-state index contributed by atoms with van der Waals surface area (Å²) in [5.74, 6) is -3.74. The number of hydrogen-bond acceptors (Lipinski definition) is 10. The molecule has 19 heteroatoms. The van der Waals surface area contributed by atoms with Crippen molar-refractivity contribution in [1.29, 1.82) is 0 Å². The van der Waals surface area contributed by atoms with E-state index < -0.39 is 86.4 Å². The van der Waals surface area contributed by atoms with E-state index in [1.165, 1.54) is 4.68 Å². The number of hydrogen-bond donors (Lipinski definition) is 3. The number of nitrogens with one attached hydrogen (secondary N) is 3. The minimum Gasteiger partial charge on any atom is -0.471 e. The standard InChI is InChI=1S/C38H49F3N6O9S/c1-6-47-32(49)27-14-10-9-13-26(27)31(44-47)55-24-18-28-30(48)43-37(34(51)45-57(53,54)25-15-16-25)19-23(37)12-8-7-11-21(2)17-22(3)29(33(50)46(28)20-24)42-35(52)56-36(4,5)38(39,40)41/h8-10,12-14,21-25,28-29H,6-7,11,15-20H2,1-5H3,(H,42,52)(H,43,48)(H,45,51)/b12-8-/t21-,22-,23-,24-,28+,29+,37-/m1/s1. The van der Waals surface area contributed by atoms with Gasteiger partial charge in [0.15, 0.2) is 0 Å². The van der Waals surface area contributed by atoms with Crippen molar-refractivity contribution in [3.05, 3.63) is 46.8 Å². The molecule has 57 heavy (non-hydrogen) atoms. The first-order chi connectivity index (χ1) is 26.7. The molecule has 3 heterocycles. The first-order valence-corrected chi connectivity index (χ1v) is 20.8. The fourth-order valence-corrected chi connectivity index (χ4v) is 8.97. The van der Waals surface area contributed by atoms with Crippen LogP contribution in [0.5, 0.6) is 5.88 Å². The van der Waals surface area contributed by atoms with Crippen LogP contribution < -0.4 is 25.7 Å². The van der Waals surface area contributed by atoms with Crippen molar-refractivity contribution >= 4 is 44.6 Å². The normalized spacial score (nSPS) is 29.2. The second kappa shape index (κ2) is 15.6. The monoisotopic (exact) mass is 822 g/mol. The molecular formula is C38H49F3N6O9S. The van der Waals surface area contributed by atoms with Gasteiger partial charge in [0.2, 0.25) is 33.3 Å². The van der Waals surface area contributed by atoms with Gasteiger partial charge < -0.3 is 25.0 Å². The molecule has 312 valence electrons. The number of ether oxygens (including phenoxy) is 2. The molecule has 2 saturated carbocycles. The maximum Gasteiger partial charge on any atom is 0.427 e. The lowest BCUT2D eigenvalue weighted by Crippen LogP contribution is -2.59. The first kappa shape index (κ1) is 41.9. The van der Waals surface area contributed by atoms with E-state index in [4.69, 9.17) is 9.47 Å². The van der Waals surface area contributed by atoms with Crippen molar-refractivity contribution in [2.75, 3.05) is 6.54 Å². The Morgan fingerprint density at radius 1 is 1.05 bits per heavy atom. The third-order valence-electron chi connectivity index (χ3n) is 11.3. The number of carbonyl (C=O) groups excluding carboxylic acids is 4. The van der Waals surface area contributed by atoms with Gasteiger partial charge in [0.25, 0.3) is 11.5 Å². The molecule has 3 fully saturated rings. The average molecular weight is 823 g/mol. The highest BCUT2D eigenvalue weighted by atomic mass is 32.2. The molecule has 0 unspecified atom stereocenters. The molecule has 4 aliphatic rings. The molecule has 4 amide bonds. The number of aryl methyl sites for hydroxylation is 1. The minimum absolute atomic E-state index is 0.0516. The van der Waals surface area contributed by atoms with Gasteiger partial charge in [-0.15, -0.1) is 5.10 Å². The molecule has 1 saturated heterocycles. The Hall–Kier alpha value is -4.68. The quantitative estimate of drug-likeness (QED) is 0.331. The number of amides is 4. The largest absolute Gasteiger partial charge is 0.471 e. The molecule has 3 N–H and O–H groups in total. The number of fused-ring (bicyclic) bond motifs is 3. The van der Waals surface area contributed by atoms with E-state index in [2.05, 4.69) is 20.5 Å². The molecule has 0 spiro atoms. The number of alkyl carbamates (subject to hydrolysis) is 1.